The molecular weight excluding hydrogens is 288 g/mol. The molecule has 0 bridgehead atoms. The average molecular weight is 292 g/mol. The molecule has 19 heavy (non-hydrogen) atoms. The van der Waals surface area contributed by atoms with Crippen molar-refractivity contribution >= 4 is 18.2 Å². The first-order chi connectivity index (χ1) is 8.84. The topological polar surface area (TPSA) is 68.9 Å². The summed E-state index contributed by atoms with van der Waals surface area (Å²) in [5.74, 6) is -10.0. The summed E-state index contributed by atoms with van der Waals surface area (Å²) in [6, 6.07) is 1.05. The van der Waals surface area contributed by atoms with Crippen molar-refractivity contribution in [2.75, 3.05) is 0 Å². The van der Waals surface area contributed by atoms with Crippen molar-refractivity contribution in [3.05, 3.63) is 39.5 Å². The highest BCUT2D eigenvalue weighted by Gasteiger charge is 2.30. The lowest BCUT2D eigenvalue weighted by Gasteiger charge is -2.08. The lowest BCUT2D eigenvalue weighted by atomic mass is 10.0. The Hall–Kier alpha value is -2.16. The quantitative estimate of drug-likeness (QED) is 0.345. The van der Waals surface area contributed by atoms with Crippen LogP contribution in [0.3, 0.4) is 0 Å². The summed E-state index contributed by atoms with van der Waals surface area (Å²) >= 11 is 4.66. The predicted octanol–water partition coefficient (Wildman–Crippen LogP) is 2.99. The van der Waals surface area contributed by atoms with Crippen molar-refractivity contribution in [2.24, 2.45) is 0 Å². The maximum atomic E-state index is 13.6. The van der Waals surface area contributed by atoms with Crippen LogP contribution in [0.1, 0.15) is 10.4 Å². The fourth-order valence-electron chi connectivity index (χ4n) is 1.55. The highest BCUT2D eigenvalue weighted by atomic mass is 32.1. The summed E-state index contributed by atoms with van der Waals surface area (Å²) in [6.45, 7) is 0. The number of aromatic carboxylic acids is 1. The van der Waals surface area contributed by atoms with Gasteiger partial charge in [-0.3, -0.25) is 10.2 Å². The number of aromatic nitrogens is 2. The molecule has 0 aliphatic carbocycles. The first kappa shape index (κ1) is 13.3. The molecule has 0 amide bonds. The number of hydrogen-bond donors (Lipinski definition) is 3. The summed E-state index contributed by atoms with van der Waals surface area (Å²) < 4.78 is 53.3. The number of carbonyl (C=O) groups is 1. The van der Waals surface area contributed by atoms with Gasteiger partial charge in [0.05, 0.1) is 11.3 Å². The number of aromatic amines is 2. The molecule has 1 aromatic carbocycles. The molecule has 1 heterocycles. The lowest BCUT2D eigenvalue weighted by molar-refractivity contribution is 0.0690. The van der Waals surface area contributed by atoms with E-state index in [1.54, 1.807) is 0 Å². The fraction of sp³-hybridized carbons (Fsp3) is 0. The zero-order valence-electron chi connectivity index (χ0n) is 8.85. The van der Waals surface area contributed by atoms with Crippen molar-refractivity contribution in [3.63, 3.8) is 0 Å². The Morgan fingerprint density at radius 2 is 1.63 bits per heavy atom. The second-order valence-electron chi connectivity index (χ2n) is 3.48. The Morgan fingerprint density at radius 3 is 2.11 bits per heavy atom. The molecule has 2 aromatic rings. The lowest BCUT2D eigenvalue weighted by Crippen LogP contribution is -2.11. The van der Waals surface area contributed by atoms with Crippen LogP contribution in [0.2, 0.25) is 0 Å². The molecule has 0 unspecified atom stereocenters. The van der Waals surface area contributed by atoms with E-state index in [2.05, 4.69) is 22.4 Å². The number of halogens is 4. The molecule has 0 radical (unpaired) electrons. The highest BCUT2D eigenvalue weighted by molar-refractivity contribution is 7.71. The van der Waals surface area contributed by atoms with Crippen LogP contribution in [0.5, 0.6) is 0 Å². The van der Waals surface area contributed by atoms with Gasteiger partial charge in [0, 0.05) is 0 Å². The molecule has 3 N–H and O–H groups in total. The molecule has 0 aliphatic rings. The Labute approximate surface area is 107 Å². The number of carboxylic acids is 1. The fourth-order valence-corrected chi connectivity index (χ4v) is 1.72. The van der Waals surface area contributed by atoms with Crippen LogP contribution in [-0.4, -0.2) is 21.3 Å². The van der Waals surface area contributed by atoms with Crippen molar-refractivity contribution in [2.45, 2.75) is 0 Å². The van der Waals surface area contributed by atoms with Gasteiger partial charge in [-0.15, -0.1) is 0 Å². The highest BCUT2D eigenvalue weighted by Crippen LogP contribution is 2.31. The second kappa shape index (κ2) is 4.50. The molecule has 0 fully saturated rings. The monoisotopic (exact) mass is 292 g/mol. The molecule has 100 valence electrons. The summed E-state index contributed by atoms with van der Waals surface area (Å²) in [7, 11) is 0. The van der Waals surface area contributed by atoms with Crippen molar-refractivity contribution in [1.29, 1.82) is 0 Å². The van der Waals surface area contributed by atoms with Crippen molar-refractivity contribution < 1.29 is 27.5 Å². The molecule has 0 spiro atoms. The predicted molar refractivity (Wildman–Crippen MR) is 58.2 cm³/mol. The molecule has 0 saturated heterocycles. The summed E-state index contributed by atoms with van der Waals surface area (Å²) in [6.07, 6.45) is 0. The molecule has 1 aromatic heterocycles. The molecule has 2 rings (SSSR count). The smallest absolute Gasteiger partial charge is 0.339 e. The zero-order valence-corrected chi connectivity index (χ0v) is 9.67. The van der Waals surface area contributed by atoms with Crippen LogP contribution in [0, 0.1) is 27.9 Å². The number of H-pyrrole nitrogens is 2. The number of nitrogens with one attached hydrogen (secondary N) is 2. The van der Waals surface area contributed by atoms with E-state index in [4.69, 9.17) is 5.11 Å². The van der Waals surface area contributed by atoms with Gasteiger partial charge < -0.3 is 5.11 Å². The minimum atomic E-state index is -2.19. The first-order valence-corrected chi connectivity index (χ1v) is 5.12. The van der Waals surface area contributed by atoms with E-state index in [1.165, 1.54) is 0 Å². The number of rotatable bonds is 2. The summed E-state index contributed by atoms with van der Waals surface area (Å²) in [5, 5.41) is 13.4. The largest absolute Gasteiger partial charge is 0.478 e. The van der Waals surface area contributed by atoms with Gasteiger partial charge in [0.2, 0.25) is 0 Å². The van der Waals surface area contributed by atoms with E-state index in [1.807, 2.05) is 0 Å². The third-order valence-corrected chi connectivity index (χ3v) is 2.57. The molecule has 9 heteroatoms. The van der Waals surface area contributed by atoms with Gasteiger partial charge in [-0.05, 0) is 6.07 Å². The van der Waals surface area contributed by atoms with Crippen molar-refractivity contribution in [1.82, 2.24) is 10.2 Å². The number of benzene rings is 1. The van der Waals surface area contributed by atoms with Crippen LogP contribution in [0.25, 0.3) is 11.3 Å². The SMILES string of the molecule is O=C(O)c1c(F)c(F)c(F)c(F)c1-c1cc(=S)[nH][nH]1. The van der Waals surface area contributed by atoms with Gasteiger partial charge in [0.1, 0.15) is 10.2 Å². The van der Waals surface area contributed by atoms with E-state index in [9.17, 15) is 22.4 Å². The molecule has 0 aliphatic heterocycles. The first-order valence-electron chi connectivity index (χ1n) is 4.72. The van der Waals surface area contributed by atoms with Crippen LogP contribution >= 0.6 is 12.2 Å². The minimum absolute atomic E-state index is 0.0517. The maximum absolute atomic E-state index is 13.6. The van der Waals surface area contributed by atoms with Gasteiger partial charge in [0.25, 0.3) is 0 Å². The molecule has 0 atom stereocenters. The minimum Gasteiger partial charge on any atom is -0.478 e. The Balaban J connectivity index is 2.93. The summed E-state index contributed by atoms with van der Waals surface area (Å²) in [4.78, 5) is 10.9. The third-order valence-electron chi connectivity index (χ3n) is 2.35. The van der Waals surface area contributed by atoms with Gasteiger partial charge >= 0.3 is 5.97 Å². The molecular formula is C10H4F4N2O2S. The average Bonchev–Trinajstić information content (AvgIpc) is 2.76. The Bertz CT molecular complexity index is 738. The summed E-state index contributed by atoms with van der Waals surface area (Å²) in [5.41, 5.74) is -2.57. The number of carboxylic acid groups (broad SMARTS) is 1. The van der Waals surface area contributed by atoms with E-state index in [-0.39, 0.29) is 10.3 Å². The Kier molecular flexibility index (Phi) is 3.14. The van der Waals surface area contributed by atoms with E-state index >= 15 is 0 Å². The zero-order chi connectivity index (χ0) is 14.3. The van der Waals surface area contributed by atoms with E-state index in [0.717, 1.165) is 6.07 Å². The van der Waals surface area contributed by atoms with Gasteiger partial charge in [-0.25, -0.2) is 22.4 Å². The van der Waals surface area contributed by atoms with Crippen molar-refractivity contribution in [3.8, 4) is 11.3 Å². The van der Waals surface area contributed by atoms with Gasteiger partial charge in [-0.2, -0.15) is 0 Å². The van der Waals surface area contributed by atoms with E-state index in [0.29, 0.717) is 0 Å². The Morgan fingerprint density at radius 1 is 1.05 bits per heavy atom. The van der Waals surface area contributed by atoms with Gasteiger partial charge in [0.15, 0.2) is 23.3 Å². The van der Waals surface area contributed by atoms with Crippen LogP contribution in [-0.2, 0) is 0 Å². The second-order valence-corrected chi connectivity index (χ2v) is 3.92. The van der Waals surface area contributed by atoms with Crippen LogP contribution in [0.4, 0.5) is 17.6 Å². The maximum Gasteiger partial charge on any atom is 0.339 e. The van der Waals surface area contributed by atoms with E-state index < -0.39 is 40.4 Å². The van der Waals surface area contributed by atoms with Gasteiger partial charge in [-0.1, -0.05) is 12.2 Å². The number of hydrogen-bond acceptors (Lipinski definition) is 2. The van der Waals surface area contributed by atoms with Crippen LogP contribution in [0.15, 0.2) is 6.07 Å². The molecule has 4 nitrogen and oxygen atoms in total. The standard InChI is InChI=1S/C10H4F4N2O2S/c11-6-4(2-1-3(19)16-15-2)5(10(17)18)7(12)9(14)8(6)13/h1H,(H,17,18)(H2,15,16,19). The normalized spacial score (nSPS) is 10.7. The van der Waals surface area contributed by atoms with Crippen LogP contribution < -0.4 is 0 Å². The molecule has 0 saturated carbocycles. The third kappa shape index (κ3) is 2.01.